The summed E-state index contributed by atoms with van der Waals surface area (Å²) in [4.78, 5) is 17.0. The largest absolute Gasteiger partial charge is 0.472 e. The van der Waals surface area contributed by atoms with Crippen molar-refractivity contribution >= 4 is 7.82 Å². The van der Waals surface area contributed by atoms with E-state index in [0.717, 1.165) is 0 Å². The Balaban J connectivity index is 2.75. The average molecular weight is 260 g/mol. The quantitative estimate of drug-likeness (QED) is 0.289. The Morgan fingerprint density at radius 1 is 1.12 bits per heavy atom. The molecule has 2 unspecified atom stereocenters. The first-order chi connectivity index (χ1) is 7.26. The molecule has 9 nitrogen and oxygen atoms in total. The molecule has 1 rings (SSSR count). The van der Waals surface area contributed by atoms with Gasteiger partial charge in [0.05, 0.1) is 6.61 Å². The normalized spacial score (nSPS) is 41.0. The van der Waals surface area contributed by atoms with Crippen LogP contribution in [0.15, 0.2) is 0 Å². The smallest absolute Gasteiger partial charge is 0.394 e. The minimum atomic E-state index is -4.91. The van der Waals surface area contributed by atoms with E-state index in [0.29, 0.717) is 0 Å². The number of rotatable bonds is 3. The first-order valence-electron chi connectivity index (χ1n) is 4.30. The highest BCUT2D eigenvalue weighted by atomic mass is 31.2. The summed E-state index contributed by atoms with van der Waals surface area (Å²) in [5.74, 6) is 0. The van der Waals surface area contributed by atoms with E-state index in [2.05, 4.69) is 9.26 Å². The minimum Gasteiger partial charge on any atom is -0.394 e. The molecule has 96 valence electrons. The second kappa shape index (κ2) is 5.05. The molecule has 0 aromatic heterocycles. The van der Waals surface area contributed by atoms with Crippen LogP contribution in [-0.4, -0.2) is 67.5 Å². The number of hydrogen-bond donors (Lipinski definition) is 6. The van der Waals surface area contributed by atoms with Gasteiger partial charge in [0.25, 0.3) is 0 Å². The Kier molecular flexibility index (Phi) is 4.41. The summed E-state index contributed by atoms with van der Waals surface area (Å²) in [6, 6.07) is 0. The highest BCUT2D eigenvalue weighted by Crippen LogP contribution is 2.40. The van der Waals surface area contributed by atoms with Crippen molar-refractivity contribution in [1.29, 1.82) is 0 Å². The summed E-state index contributed by atoms with van der Waals surface area (Å²) in [5, 5.41) is 36.6. The molecule has 0 aromatic carbocycles. The molecule has 0 radical (unpaired) electrons. The molecule has 0 aromatic rings. The zero-order valence-corrected chi connectivity index (χ0v) is 8.84. The number of hydrogen-bond acceptors (Lipinski definition) is 7. The summed E-state index contributed by atoms with van der Waals surface area (Å²) in [7, 11) is -4.91. The third-order valence-corrected chi connectivity index (χ3v) is 2.57. The van der Waals surface area contributed by atoms with Gasteiger partial charge in [-0.15, -0.1) is 0 Å². The lowest BCUT2D eigenvalue weighted by atomic mass is 10.00. The third-order valence-electron chi connectivity index (χ3n) is 2.09. The van der Waals surface area contributed by atoms with Crippen LogP contribution in [0.4, 0.5) is 0 Å². The highest BCUT2D eigenvalue weighted by Gasteiger charge is 2.46. The van der Waals surface area contributed by atoms with Crippen LogP contribution in [0.25, 0.3) is 0 Å². The second-order valence-corrected chi connectivity index (χ2v) is 4.49. The molecule has 0 aliphatic carbocycles. The average Bonchev–Trinajstić information content (AvgIpc) is 2.17. The number of ether oxygens (including phenoxy) is 1. The number of aliphatic hydroxyl groups is 4. The highest BCUT2D eigenvalue weighted by molar-refractivity contribution is 7.46. The van der Waals surface area contributed by atoms with Gasteiger partial charge >= 0.3 is 7.82 Å². The monoisotopic (exact) mass is 260 g/mol. The van der Waals surface area contributed by atoms with E-state index in [9.17, 15) is 19.9 Å². The SMILES string of the molecule is O=P(O)(O)O[C@H]1OC(CO)[C@@H](O)[C@@H](O)C1O. The number of aliphatic hydroxyl groups excluding tert-OH is 4. The lowest BCUT2D eigenvalue weighted by Gasteiger charge is -2.39. The minimum absolute atomic E-state index is 0.702. The maximum atomic E-state index is 10.5. The summed E-state index contributed by atoms with van der Waals surface area (Å²) >= 11 is 0. The van der Waals surface area contributed by atoms with Gasteiger partial charge in [-0.1, -0.05) is 0 Å². The molecular weight excluding hydrogens is 247 g/mol. The lowest BCUT2D eigenvalue weighted by molar-refractivity contribution is -0.280. The maximum Gasteiger partial charge on any atom is 0.472 e. The zero-order valence-electron chi connectivity index (χ0n) is 7.95. The van der Waals surface area contributed by atoms with E-state index < -0.39 is 45.1 Å². The van der Waals surface area contributed by atoms with Gasteiger partial charge in [-0.25, -0.2) is 4.57 Å². The molecule has 1 saturated heterocycles. The maximum absolute atomic E-state index is 10.5. The van der Waals surface area contributed by atoms with Crippen molar-refractivity contribution in [1.82, 2.24) is 0 Å². The molecule has 1 aliphatic heterocycles. The van der Waals surface area contributed by atoms with Crippen molar-refractivity contribution in [3.63, 3.8) is 0 Å². The van der Waals surface area contributed by atoms with Crippen molar-refractivity contribution in [2.45, 2.75) is 30.7 Å². The van der Waals surface area contributed by atoms with Crippen LogP contribution in [0.1, 0.15) is 0 Å². The van der Waals surface area contributed by atoms with Crippen molar-refractivity contribution in [3.8, 4) is 0 Å². The van der Waals surface area contributed by atoms with E-state index in [-0.39, 0.29) is 0 Å². The molecule has 0 spiro atoms. The van der Waals surface area contributed by atoms with E-state index in [1.54, 1.807) is 0 Å². The van der Waals surface area contributed by atoms with E-state index in [4.69, 9.17) is 14.9 Å². The molecule has 1 aliphatic rings. The molecular formula is C6H13O9P. The predicted molar refractivity (Wildman–Crippen MR) is 46.9 cm³/mol. The summed E-state index contributed by atoms with van der Waals surface area (Å²) < 4.78 is 19.2. The standard InChI is InChI=1S/C6H13O9P/c7-1-2-3(8)4(9)5(10)6(14-2)15-16(11,12)13/h2-10H,1H2,(H2,11,12,13)/t2?,3-,4-,5?,6-/m1/s1. The Morgan fingerprint density at radius 2 is 1.69 bits per heavy atom. The van der Waals surface area contributed by atoms with Crippen molar-refractivity contribution in [2.24, 2.45) is 0 Å². The van der Waals surface area contributed by atoms with Crippen LogP contribution in [0.2, 0.25) is 0 Å². The van der Waals surface area contributed by atoms with Crippen LogP contribution >= 0.6 is 7.82 Å². The molecule has 5 atom stereocenters. The van der Waals surface area contributed by atoms with Crippen molar-refractivity contribution < 1.29 is 44.0 Å². The van der Waals surface area contributed by atoms with E-state index >= 15 is 0 Å². The molecule has 6 N–H and O–H groups in total. The fourth-order valence-corrected chi connectivity index (χ4v) is 1.73. The molecule has 16 heavy (non-hydrogen) atoms. The Hall–Kier alpha value is -0.0900. The van der Waals surface area contributed by atoms with Crippen LogP contribution in [0.5, 0.6) is 0 Å². The van der Waals surface area contributed by atoms with Crippen LogP contribution in [0, 0.1) is 0 Å². The van der Waals surface area contributed by atoms with Gasteiger partial charge < -0.3 is 34.9 Å². The second-order valence-electron chi connectivity index (χ2n) is 3.29. The summed E-state index contributed by atoms with van der Waals surface area (Å²) in [6.45, 7) is -0.702. The fourth-order valence-electron chi connectivity index (χ4n) is 1.29. The van der Waals surface area contributed by atoms with Crippen LogP contribution in [0.3, 0.4) is 0 Å². The fraction of sp³-hybridized carbons (Fsp3) is 1.00. The van der Waals surface area contributed by atoms with Gasteiger partial charge in [0.15, 0.2) is 6.29 Å². The van der Waals surface area contributed by atoms with Crippen LogP contribution < -0.4 is 0 Å². The Morgan fingerprint density at radius 3 is 2.12 bits per heavy atom. The van der Waals surface area contributed by atoms with Gasteiger partial charge in [0.2, 0.25) is 0 Å². The zero-order chi connectivity index (χ0) is 12.5. The third kappa shape index (κ3) is 3.20. The molecule has 10 heteroatoms. The molecule has 0 amide bonds. The van der Waals surface area contributed by atoms with Crippen LogP contribution in [-0.2, 0) is 13.8 Å². The van der Waals surface area contributed by atoms with Crippen molar-refractivity contribution in [3.05, 3.63) is 0 Å². The lowest BCUT2D eigenvalue weighted by Crippen LogP contribution is -2.58. The molecule has 0 bridgehead atoms. The number of phosphoric acid groups is 1. The predicted octanol–water partition coefficient (Wildman–Crippen LogP) is -3.10. The van der Waals surface area contributed by atoms with Crippen molar-refractivity contribution in [2.75, 3.05) is 6.61 Å². The van der Waals surface area contributed by atoms with Gasteiger partial charge in [0.1, 0.15) is 24.4 Å². The Labute approximate surface area is 90.1 Å². The first-order valence-corrected chi connectivity index (χ1v) is 5.83. The summed E-state index contributed by atoms with van der Waals surface area (Å²) in [5.41, 5.74) is 0. The van der Waals surface area contributed by atoms with Gasteiger partial charge in [-0.3, -0.25) is 4.52 Å². The number of phosphoric ester groups is 1. The topological polar surface area (TPSA) is 157 Å². The van der Waals surface area contributed by atoms with Gasteiger partial charge in [0, 0.05) is 0 Å². The van der Waals surface area contributed by atoms with Gasteiger partial charge in [-0.2, -0.15) is 0 Å². The Bertz CT molecular complexity index is 275. The van der Waals surface area contributed by atoms with E-state index in [1.165, 1.54) is 0 Å². The first kappa shape index (κ1) is 14.0. The van der Waals surface area contributed by atoms with E-state index in [1.807, 2.05) is 0 Å². The summed E-state index contributed by atoms with van der Waals surface area (Å²) in [6.07, 6.45) is -8.25. The molecule has 1 fully saturated rings. The molecule has 1 heterocycles. The molecule has 0 saturated carbocycles. The van der Waals surface area contributed by atoms with Gasteiger partial charge in [-0.05, 0) is 0 Å².